The molecular formula is C26H28N4O4. The molecule has 2 amide bonds. The van der Waals surface area contributed by atoms with Crippen LogP contribution >= 0.6 is 0 Å². The zero-order chi connectivity index (χ0) is 23.3. The summed E-state index contributed by atoms with van der Waals surface area (Å²) in [6, 6.07) is 14.0. The van der Waals surface area contributed by atoms with Crippen LogP contribution in [0.1, 0.15) is 23.2 Å². The van der Waals surface area contributed by atoms with Crippen molar-refractivity contribution in [2.45, 2.75) is 25.0 Å². The number of carbonyl (C=O) groups is 2. The van der Waals surface area contributed by atoms with Gasteiger partial charge in [0.1, 0.15) is 5.60 Å². The highest BCUT2D eigenvalue weighted by Crippen LogP contribution is 2.37. The van der Waals surface area contributed by atoms with Gasteiger partial charge < -0.3 is 19.6 Å². The summed E-state index contributed by atoms with van der Waals surface area (Å²) in [4.78, 5) is 28.8. The maximum Gasteiger partial charge on any atom is 0.254 e. The quantitative estimate of drug-likeness (QED) is 0.631. The Labute approximate surface area is 197 Å². The van der Waals surface area contributed by atoms with Crippen molar-refractivity contribution in [2.75, 3.05) is 39.4 Å². The summed E-state index contributed by atoms with van der Waals surface area (Å²) in [5, 5.41) is 15.7. The largest absolute Gasteiger partial charge is 0.381 e. The van der Waals surface area contributed by atoms with Gasteiger partial charge in [-0.05, 0) is 48.2 Å². The number of benzene rings is 2. The van der Waals surface area contributed by atoms with E-state index in [1.165, 1.54) is 0 Å². The van der Waals surface area contributed by atoms with Crippen LogP contribution in [0.5, 0.6) is 0 Å². The van der Waals surface area contributed by atoms with Crippen LogP contribution < -0.4 is 0 Å². The SMILES string of the molecule is O=C(c1ccc(-c2ccc3c(cnn3CC3COC3)c2)cc1)N1CCN(C(=O)C2(O)CC2)CC1. The number of nitrogens with zero attached hydrogens (tertiary/aromatic N) is 4. The van der Waals surface area contributed by atoms with Crippen molar-refractivity contribution in [3.8, 4) is 11.1 Å². The third-order valence-electron chi connectivity index (χ3n) is 7.22. The molecule has 0 unspecified atom stereocenters. The zero-order valence-electron chi connectivity index (χ0n) is 19.0. The number of ether oxygens (including phenoxy) is 1. The molecule has 2 saturated heterocycles. The lowest BCUT2D eigenvalue weighted by Crippen LogP contribution is -2.53. The van der Waals surface area contributed by atoms with E-state index in [-0.39, 0.29) is 11.8 Å². The lowest BCUT2D eigenvalue weighted by atomic mass is 10.0. The van der Waals surface area contributed by atoms with Gasteiger partial charge >= 0.3 is 0 Å². The Hall–Kier alpha value is -3.23. The Morgan fingerprint density at radius 3 is 2.29 bits per heavy atom. The molecule has 2 aromatic carbocycles. The summed E-state index contributed by atoms with van der Waals surface area (Å²) in [6.45, 7) is 4.39. The van der Waals surface area contributed by atoms with Crippen molar-refractivity contribution >= 4 is 22.7 Å². The minimum atomic E-state index is -1.14. The maximum atomic E-state index is 13.0. The number of carbonyl (C=O) groups excluding carboxylic acids is 2. The van der Waals surface area contributed by atoms with Crippen LogP contribution in [0.2, 0.25) is 0 Å². The van der Waals surface area contributed by atoms with Crippen LogP contribution in [0, 0.1) is 5.92 Å². The van der Waals surface area contributed by atoms with Gasteiger partial charge in [0.05, 0.1) is 24.9 Å². The number of fused-ring (bicyclic) bond motifs is 1. The highest BCUT2D eigenvalue weighted by Gasteiger charge is 2.50. The molecule has 3 aromatic rings. The van der Waals surface area contributed by atoms with Crippen molar-refractivity contribution in [2.24, 2.45) is 5.92 Å². The van der Waals surface area contributed by atoms with Crippen LogP contribution in [0.4, 0.5) is 0 Å². The molecular weight excluding hydrogens is 432 g/mol. The maximum absolute atomic E-state index is 13.0. The molecule has 8 nitrogen and oxygen atoms in total. The van der Waals surface area contributed by atoms with E-state index >= 15 is 0 Å². The second-order valence-electron chi connectivity index (χ2n) is 9.70. The first-order valence-electron chi connectivity index (χ1n) is 11.9. The molecule has 0 bridgehead atoms. The zero-order valence-corrected chi connectivity index (χ0v) is 19.0. The molecule has 3 aliphatic rings. The minimum absolute atomic E-state index is 0.0273. The summed E-state index contributed by atoms with van der Waals surface area (Å²) >= 11 is 0. The molecule has 1 aliphatic carbocycles. The van der Waals surface area contributed by atoms with Gasteiger partial charge in [-0.1, -0.05) is 18.2 Å². The average Bonchev–Trinajstić information content (AvgIpc) is 3.48. The molecule has 1 N–H and O–H groups in total. The number of piperazine rings is 1. The average molecular weight is 461 g/mol. The summed E-state index contributed by atoms with van der Waals surface area (Å²) < 4.78 is 7.32. The number of hydrogen-bond acceptors (Lipinski definition) is 5. The predicted octanol–water partition coefficient (Wildman–Crippen LogP) is 2.16. The molecule has 2 aliphatic heterocycles. The number of hydrogen-bond donors (Lipinski definition) is 1. The van der Waals surface area contributed by atoms with Gasteiger partial charge in [0.15, 0.2) is 0 Å². The second-order valence-corrected chi connectivity index (χ2v) is 9.70. The molecule has 3 fully saturated rings. The number of amides is 2. The minimum Gasteiger partial charge on any atom is -0.381 e. The highest BCUT2D eigenvalue weighted by molar-refractivity contribution is 5.95. The van der Waals surface area contributed by atoms with E-state index in [1.54, 1.807) is 9.80 Å². The van der Waals surface area contributed by atoms with Crippen molar-refractivity contribution < 1.29 is 19.4 Å². The van der Waals surface area contributed by atoms with Gasteiger partial charge in [-0.3, -0.25) is 14.3 Å². The number of rotatable bonds is 5. The number of aromatic nitrogens is 2. The Morgan fingerprint density at radius 1 is 0.971 bits per heavy atom. The van der Waals surface area contributed by atoms with E-state index < -0.39 is 5.60 Å². The van der Waals surface area contributed by atoms with Gasteiger partial charge in [0.2, 0.25) is 0 Å². The smallest absolute Gasteiger partial charge is 0.254 e. The summed E-state index contributed by atoms with van der Waals surface area (Å²) in [5.74, 6) is 0.324. The van der Waals surface area contributed by atoms with Crippen LogP contribution in [0.15, 0.2) is 48.7 Å². The highest BCUT2D eigenvalue weighted by atomic mass is 16.5. The van der Waals surface area contributed by atoms with Gasteiger partial charge in [0, 0.05) is 49.6 Å². The molecule has 0 spiro atoms. The van der Waals surface area contributed by atoms with E-state index in [0.29, 0.717) is 50.5 Å². The first-order chi connectivity index (χ1) is 16.5. The fourth-order valence-corrected chi connectivity index (χ4v) is 4.77. The van der Waals surface area contributed by atoms with Crippen LogP contribution in [0.3, 0.4) is 0 Å². The van der Waals surface area contributed by atoms with E-state index in [4.69, 9.17) is 4.74 Å². The van der Waals surface area contributed by atoms with Crippen molar-refractivity contribution in [1.29, 1.82) is 0 Å². The van der Waals surface area contributed by atoms with Gasteiger partial charge in [-0.25, -0.2) is 0 Å². The Morgan fingerprint density at radius 2 is 1.65 bits per heavy atom. The van der Waals surface area contributed by atoms with Crippen LogP contribution in [-0.4, -0.2) is 81.5 Å². The summed E-state index contributed by atoms with van der Waals surface area (Å²) in [7, 11) is 0. The fourth-order valence-electron chi connectivity index (χ4n) is 4.77. The third-order valence-corrected chi connectivity index (χ3v) is 7.22. The lowest BCUT2D eigenvalue weighted by molar-refractivity contribution is -0.143. The molecule has 6 rings (SSSR count). The molecule has 0 atom stereocenters. The second kappa shape index (κ2) is 8.21. The van der Waals surface area contributed by atoms with Crippen LogP contribution in [0.25, 0.3) is 22.0 Å². The topological polar surface area (TPSA) is 87.9 Å². The van der Waals surface area contributed by atoms with E-state index in [2.05, 4.69) is 23.3 Å². The molecule has 176 valence electrons. The molecule has 3 heterocycles. The monoisotopic (exact) mass is 460 g/mol. The first-order valence-corrected chi connectivity index (χ1v) is 11.9. The third kappa shape index (κ3) is 3.86. The summed E-state index contributed by atoms with van der Waals surface area (Å²) in [5.41, 5.74) is 2.75. The molecule has 34 heavy (non-hydrogen) atoms. The molecule has 8 heteroatoms. The van der Waals surface area contributed by atoms with E-state index in [0.717, 1.165) is 41.8 Å². The van der Waals surface area contributed by atoms with Crippen LogP contribution in [-0.2, 0) is 16.1 Å². The van der Waals surface area contributed by atoms with E-state index in [9.17, 15) is 14.7 Å². The predicted molar refractivity (Wildman–Crippen MR) is 126 cm³/mol. The normalized spacial score (nSPS) is 19.8. The van der Waals surface area contributed by atoms with E-state index in [1.807, 2.05) is 35.1 Å². The van der Waals surface area contributed by atoms with Crippen molar-refractivity contribution in [1.82, 2.24) is 19.6 Å². The standard InChI is InChI=1S/C26H28N4O4/c31-24(28-9-11-29(12-10-28)25(32)26(33)7-8-26)20-3-1-19(2-4-20)21-5-6-23-22(13-21)14-27-30(23)15-18-16-34-17-18/h1-6,13-14,18,33H,7-12,15-17H2. The van der Waals surface area contributed by atoms with Gasteiger partial charge in [-0.15, -0.1) is 0 Å². The number of aliphatic hydroxyl groups is 1. The van der Waals surface area contributed by atoms with Gasteiger partial charge in [-0.2, -0.15) is 5.10 Å². The van der Waals surface area contributed by atoms with Crippen molar-refractivity contribution in [3.05, 3.63) is 54.2 Å². The Balaban J connectivity index is 1.11. The molecule has 0 radical (unpaired) electrons. The molecule has 1 saturated carbocycles. The summed E-state index contributed by atoms with van der Waals surface area (Å²) in [6.07, 6.45) is 2.99. The fraction of sp³-hybridized carbons (Fsp3) is 0.423. The van der Waals surface area contributed by atoms with Gasteiger partial charge in [0.25, 0.3) is 11.8 Å². The molecule has 1 aromatic heterocycles. The lowest BCUT2D eigenvalue weighted by Gasteiger charge is -2.35. The van der Waals surface area contributed by atoms with Crippen molar-refractivity contribution in [3.63, 3.8) is 0 Å². The Kier molecular flexibility index (Phi) is 5.15. The first kappa shape index (κ1) is 21.3. The Bertz CT molecular complexity index is 1240.